The Morgan fingerprint density at radius 2 is 2.21 bits per heavy atom. The van der Waals surface area contributed by atoms with Gasteiger partial charge in [-0.05, 0) is 37.0 Å². The molecule has 0 heterocycles. The average Bonchev–Trinajstić information content (AvgIpc) is 2.77. The molecule has 0 bridgehead atoms. The highest BCUT2D eigenvalue weighted by Crippen LogP contribution is 2.24. The van der Waals surface area contributed by atoms with E-state index in [1.165, 1.54) is 18.2 Å². The summed E-state index contributed by atoms with van der Waals surface area (Å²) in [7, 11) is 0. The number of rotatable bonds is 5. The maximum atomic E-state index is 13.5. The normalized spacial score (nSPS) is 22.6. The molecule has 104 valence electrons. The monoisotopic (exact) mass is 267 g/mol. The van der Waals surface area contributed by atoms with E-state index in [2.05, 4.69) is 5.32 Å². The van der Waals surface area contributed by atoms with Crippen molar-refractivity contribution in [2.45, 2.75) is 31.9 Å². The van der Waals surface area contributed by atoms with Crippen molar-refractivity contribution < 1.29 is 19.4 Å². The van der Waals surface area contributed by atoms with E-state index < -0.39 is 11.8 Å². The average molecular weight is 267 g/mol. The van der Waals surface area contributed by atoms with Gasteiger partial charge in [-0.25, -0.2) is 9.18 Å². The molecule has 0 radical (unpaired) electrons. The van der Waals surface area contributed by atoms with Crippen LogP contribution in [0.3, 0.4) is 0 Å². The van der Waals surface area contributed by atoms with Gasteiger partial charge in [0.05, 0.1) is 11.7 Å². The molecule has 0 saturated heterocycles. The van der Waals surface area contributed by atoms with E-state index in [0.29, 0.717) is 12.1 Å². The van der Waals surface area contributed by atoms with Crippen LogP contribution in [0.25, 0.3) is 0 Å². The summed E-state index contributed by atoms with van der Waals surface area (Å²) in [5.41, 5.74) is 0.423. The number of aromatic carboxylic acids is 1. The van der Waals surface area contributed by atoms with E-state index in [1.54, 1.807) is 0 Å². The summed E-state index contributed by atoms with van der Waals surface area (Å²) in [5.74, 6) is -1.26. The molecular weight excluding hydrogens is 249 g/mol. The van der Waals surface area contributed by atoms with Crippen molar-refractivity contribution in [1.82, 2.24) is 5.32 Å². The zero-order chi connectivity index (χ0) is 13.8. The number of aliphatic hydroxyl groups excluding tert-OH is 1. The van der Waals surface area contributed by atoms with Crippen LogP contribution in [-0.2, 0) is 6.54 Å². The third-order valence-electron chi connectivity index (χ3n) is 3.63. The Balaban J connectivity index is 1.91. The summed E-state index contributed by atoms with van der Waals surface area (Å²) in [5, 5.41) is 21.6. The summed E-state index contributed by atoms with van der Waals surface area (Å²) in [6, 6.07) is 3.77. The molecule has 1 aliphatic rings. The molecule has 0 amide bonds. The van der Waals surface area contributed by atoms with Gasteiger partial charge < -0.3 is 15.5 Å². The fraction of sp³-hybridized carbons (Fsp3) is 0.500. The third-order valence-corrected chi connectivity index (χ3v) is 3.63. The summed E-state index contributed by atoms with van der Waals surface area (Å²) in [6.45, 7) is 0.897. The Morgan fingerprint density at radius 1 is 1.42 bits per heavy atom. The number of hydrogen-bond donors (Lipinski definition) is 3. The molecule has 0 aromatic heterocycles. The number of aliphatic hydroxyl groups is 1. The first-order valence-electron chi connectivity index (χ1n) is 6.48. The van der Waals surface area contributed by atoms with Crippen molar-refractivity contribution in [1.29, 1.82) is 0 Å². The predicted molar refractivity (Wildman–Crippen MR) is 68.4 cm³/mol. The van der Waals surface area contributed by atoms with Crippen LogP contribution in [0, 0.1) is 11.7 Å². The van der Waals surface area contributed by atoms with Crippen LogP contribution >= 0.6 is 0 Å². The minimum Gasteiger partial charge on any atom is -0.478 e. The first kappa shape index (κ1) is 14.0. The molecule has 1 aliphatic carbocycles. The van der Waals surface area contributed by atoms with E-state index in [0.717, 1.165) is 19.3 Å². The van der Waals surface area contributed by atoms with Crippen molar-refractivity contribution in [3.8, 4) is 0 Å². The molecule has 2 unspecified atom stereocenters. The number of benzene rings is 1. The van der Waals surface area contributed by atoms with E-state index in [-0.39, 0.29) is 24.1 Å². The van der Waals surface area contributed by atoms with Gasteiger partial charge in [-0.15, -0.1) is 0 Å². The second kappa shape index (κ2) is 6.12. The van der Waals surface area contributed by atoms with E-state index in [4.69, 9.17) is 5.11 Å². The van der Waals surface area contributed by atoms with Crippen molar-refractivity contribution in [2.75, 3.05) is 6.54 Å². The summed E-state index contributed by atoms with van der Waals surface area (Å²) >= 11 is 0. The Kier molecular flexibility index (Phi) is 4.50. The van der Waals surface area contributed by atoms with Crippen molar-refractivity contribution >= 4 is 5.97 Å². The van der Waals surface area contributed by atoms with Gasteiger partial charge >= 0.3 is 5.97 Å². The molecule has 4 nitrogen and oxygen atoms in total. The molecule has 1 aromatic rings. The molecule has 1 fully saturated rings. The lowest BCUT2D eigenvalue weighted by molar-refractivity contribution is 0.0696. The number of halogens is 1. The van der Waals surface area contributed by atoms with Gasteiger partial charge in [0.1, 0.15) is 5.82 Å². The zero-order valence-electron chi connectivity index (χ0n) is 10.6. The Hall–Kier alpha value is -1.46. The maximum absolute atomic E-state index is 13.5. The lowest BCUT2D eigenvalue weighted by Crippen LogP contribution is -2.27. The minimum atomic E-state index is -1.06. The summed E-state index contributed by atoms with van der Waals surface area (Å²) < 4.78 is 13.5. The van der Waals surface area contributed by atoms with E-state index >= 15 is 0 Å². The minimum absolute atomic E-state index is 0.0825. The fourth-order valence-corrected chi connectivity index (χ4v) is 2.49. The molecule has 2 rings (SSSR count). The van der Waals surface area contributed by atoms with Crippen LogP contribution in [0.4, 0.5) is 4.39 Å². The lowest BCUT2D eigenvalue weighted by atomic mass is 10.1. The van der Waals surface area contributed by atoms with E-state index in [9.17, 15) is 14.3 Å². The van der Waals surface area contributed by atoms with Crippen LogP contribution in [-0.4, -0.2) is 28.8 Å². The van der Waals surface area contributed by atoms with Crippen LogP contribution in [0.15, 0.2) is 18.2 Å². The first-order valence-corrected chi connectivity index (χ1v) is 6.48. The highest BCUT2D eigenvalue weighted by atomic mass is 19.1. The van der Waals surface area contributed by atoms with Gasteiger partial charge in [-0.3, -0.25) is 0 Å². The highest BCUT2D eigenvalue weighted by Gasteiger charge is 2.24. The quantitative estimate of drug-likeness (QED) is 0.760. The number of carboxylic acids is 1. The van der Waals surface area contributed by atoms with Gasteiger partial charge in [0, 0.05) is 18.7 Å². The van der Waals surface area contributed by atoms with Crippen molar-refractivity contribution in [3.63, 3.8) is 0 Å². The van der Waals surface area contributed by atoms with Gasteiger partial charge in [-0.2, -0.15) is 0 Å². The van der Waals surface area contributed by atoms with E-state index in [1.807, 2.05) is 0 Å². The van der Waals surface area contributed by atoms with Crippen molar-refractivity contribution in [3.05, 3.63) is 35.1 Å². The molecule has 1 aromatic carbocycles. The summed E-state index contributed by atoms with van der Waals surface area (Å²) in [4.78, 5) is 10.8. The molecule has 2 atom stereocenters. The molecule has 3 N–H and O–H groups in total. The van der Waals surface area contributed by atoms with Gasteiger partial charge in [0.25, 0.3) is 0 Å². The smallest absolute Gasteiger partial charge is 0.335 e. The Morgan fingerprint density at radius 3 is 2.84 bits per heavy atom. The van der Waals surface area contributed by atoms with Crippen LogP contribution in [0.5, 0.6) is 0 Å². The second-order valence-corrected chi connectivity index (χ2v) is 5.00. The third kappa shape index (κ3) is 3.52. The molecule has 19 heavy (non-hydrogen) atoms. The Labute approximate surface area is 111 Å². The number of carbonyl (C=O) groups is 1. The number of nitrogens with one attached hydrogen (secondary N) is 1. The number of hydrogen-bond acceptors (Lipinski definition) is 3. The highest BCUT2D eigenvalue weighted by molar-refractivity contribution is 5.87. The topological polar surface area (TPSA) is 69.6 Å². The SMILES string of the molecule is O=C(O)c1ccc(F)c(CNCC2CCCC2O)c1. The Bertz CT molecular complexity index is 464. The second-order valence-electron chi connectivity index (χ2n) is 5.00. The zero-order valence-corrected chi connectivity index (χ0v) is 10.6. The predicted octanol–water partition coefficient (Wildman–Crippen LogP) is 1.77. The first-order chi connectivity index (χ1) is 9.08. The molecule has 0 aliphatic heterocycles. The van der Waals surface area contributed by atoms with Crippen LogP contribution in [0.1, 0.15) is 35.2 Å². The molecule has 5 heteroatoms. The lowest BCUT2D eigenvalue weighted by Gasteiger charge is -2.15. The fourth-order valence-electron chi connectivity index (χ4n) is 2.49. The van der Waals surface area contributed by atoms with Crippen LogP contribution in [0.2, 0.25) is 0 Å². The molecule has 1 saturated carbocycles. The van der Waals surface area contributed by atoms with Gasteiger partial charge in [0.15, 0.2) is 0 Å². The maximum Gasteiger partial charge on any atom is 0.335 e. The molecular formula is C14H18FNO3. The van der Waals surface area contributed by atoms with Gasteiger partial charge in [-0.1, -0.05) is 6.42 Å². The standard InChI is InChI=1S/C14H18FNO3/c15-12-5-4-9(14(18)19)6-11(12)8-16-7-10-2-1-3-13(10)17/h4-6,10,13,16-17H,1-3,7-8H2,(H,18,19). The van der Waals surface area contributed by atoms with Crippen molar-refractivity contribution in [2.24, 2.45) is 5.92 Å². The molecule has 0 spiro atoms. The van der Waals surface area contributed by atoms with Gasteiger partial charge in [0.2, 0.25) is 0 Å². The largest absolute Gasteiger partial charge is 0.478 e. The number of carboxylic acid groups (broad SMARTS) is 1. The van der Waals surface area contributed by atoms with Crippen LogP contribution < -0.4 is 5.32 Å². The summed E-state index contributed by atoms with van der Waals surface area (Å²) in [6.07, 6.45) is 2.56.